The standard InChI is InChI=1S/C27H25NO5/c1-16-7-9-18(10-8-16)22(29)15-33-27(32)21(13-17-5-3-2-4-6-17)28-25(30)23-19-11-12-20(14-19)24(23)26(28)31/h2-12,19-21,23-24H,13-15H2,1H3/t19-,20-,21-,23-,24+/m0/s1. The molecule has 1 saturated carbocycles. The predicted molar refractivity (Wildman–Crippen MR) is 120 cm³/mol. The number of esters is 1. The lowest BCUT2D eigenvalue weighted by atomic mass is 9.85. The molecule has 5 atom stereocenters. The molecule has 1 aliphatic heterocycles. The number of benzene rings is 2. The molecule has 2 aromatic rings. The third kappa shape index (κ3) is 3.80. The van der Waals surface area contributed by atoms with Crippen LogP contribution >= 0.6 is 0 Å². The van der Waals surface area contributed by atoms with Crippen LogP contribution in [0.3, 0.4) is 0 Å². The van der Waals surface area contributed by atoms with Crippen molar-refractivity contribution in [3.05, 3.63) is 83.4 Å². The highest BCUT2D eigenvalue weighted by Gasteiger charge is 2.61. The molecule has 2 aromatic carbocycles. The number of amides is 2. The molecule has 2 fully saturated rings. The van der Waals surface area contributed by atoms with E-state index in [1.165, 1.54) is 0 Å². The van der Waals surface area contributed by atoms with E-state index in [0.717, 1.165) is 22.4 Å². The molecule has 1 saturated heterocycles. The molecule has 6 heteroatoms. The number of allylic oxidation sites excluding steroid dienone is 2. The molecular formula is C27H25NO5. The minimum Gasteiger partial charge on any atom is -0.456 e. The molecule has 5 rings (SSSR count). The first-order chi connectivity index (χ1) is 15.9. The molecule has 0 aromatic heterocycles. The Labute approximate surface area is 192 Å². The molecule has 168 valence electrons. The Morgan fingerprint density at radius 3 is 2.15 bits per heavy atom. The summed E-state index contributed by atoms with van der Waals surface area (Å²) in [4.78, 5) is 53.4. The van der Waals surface area contributed by atoms with Gasteiger partial charge in [0.1, 0.15) is 6.04 Å². The number of carbonyl (C=O) groups is 4. The van der Waals surface area contributed by atoms with Crippen LogP contribution in [-0.2, 0) is 25.5 Å². The van der Waals surface area contributed by atoms with Gasteiger partial charge in [-0.3, -0.25) is 19.3 Å². The van der Waals surface area contributed by atoms with Crippen LogP contribution in [0.25, 0.3) is 0 Å². The van der Waals surface area contributed by atoms with Crippen molar-refractivity contribution >= 4 is 23.6 Å². The second-order valence-corrected chi connectivity index (χ2v) is 9.15. The van der Waals surface area contributed by atoms with Gasteiger partial charge in [0, 0.05) is 12.0 Å². The number of ether oxygens (including phenoxy) is 1. The minimum atomic E-state index is -1.09. The lowest BCUT2D eigenvalue weighted by Crippen LogP contribution is -2.48. The second-order valence-electron chi connectivity index (χ2n) is 9.15. The SMILES string of the molecule is Cc1ccc(C(=O)COC(=O)[C@H](Cc2ccccc2)N2C(=O)[C@@H]3[C@H](C2=O)[C@H]2C=C[C@H]3C2)cc1. The smallest absolute Gasteiger partial charge is 0.330 e. The first kappa shape index (κ1) is 21.3. The van der Waals surface area contributed by atoms with E-state index in [-0.39, 0.29) is 35.9 Å². The maximum absolute atomic E-state index is 13.3. The highest BCUT2D eigenvalue weighted by atomic mass is 16.5. The summed E-state index contributed by atoms with van der Waals surface area (Å²) in [5.74, 6) is -2.35. The molecule has 2 bridgehead atoms. The van der Waals surface area contributed by atoms with Crippen molar-refractivity contribution in [1.29, 1.82) is 0 Å². The van der Waals surface area contributed by atoms with Crippen molar-refractivity contribution in [2.75, 3.05) is 6.61 Å². The first-order valence-corrected chi connectivity index (χ1v) is 11.3. The zero-order valence-corrected chi connectivity index (χ0v) is 18.3. The molecular weight excluding hydrogens is 418 g/mol. The summed E-state index contributed by atoms with van der Waals surface area (Å²) in [6.07, 6.45) is 5.01. The number of rotatable bonds is 7. The van der Waals surface area contributed by atoms with Gasteiger partial charge in [-0.05, 0) is 30.7 Å². The van der Waals surface area contributed by atoms with E-state index in [1.807, 2.05) is 61.5 Å². The Morgan fingerprint density at radius 2 is 1.55 bits per heavy atom. The van der Waals surface area contributed by atoms with Gasteiger partial charge < -0.3 is 4.74 Å². The lowest BCUT2D eigenvalue weighted by Gasteiger charge is -2.26. The number of aryl methyl sites for hydroxylation is 1. The number of hydrogen-bond donors (Lipinski definition) is 0. The monoisotopic (exact) mass is 443 g/mol. The fourth-order valence-electron chi connectivity index (χ4n) is 5.41. The van der Waals surface area contributed by atoms with Crippen molar-refractivity contribution in [3.8, 4) is 0 Å². The molecule has 3 aliphatic rings. The van der Waals surface area contributed by atoms with Crippen molar-refractivity contribution < 1.29 is 23.9 Å². The summed E-state index contributed by atoms with van der Waals surface area (Å²) in [6.45, 7) is 1.48. The van der Waals surface area contributed by atoms with E-state index in [1.54, 1.807) is 12.1 Å². The number of likely N-dealkylation sites (tertiary alicyclic amines) is 1. The van der Waals surface area contributed by atoms with Gasteiger partial charge in [0.2, 0.25) is 11.8 Å². The van der Waals surface area contributed by atoms with Crippen LogP contribution in [0.4, 0.5) is 0 Å². The van der Waals surface area contributed by atoms with E-state index >= 15 is 0 Å². The molecule has 2 amide bonds. The number of Topliss-reactive ketones (excluding diaryl/α,β-unsaturated/α-hetero) is 1. The predicted octanol–water partition coefficient (Wildman–Crippen LogP) is 3.14. The molecule has 0 N–H and O–H groups in total. The topological polar surface area (TPSA) is 80.8 Å². The van der Waals surface area contributed by atoms with E-state index in [4.69, 9.17) is 4.74 Å². The van der Waals surface area contributed by atoms with Gasteiger partial charge in [-0.1, -0.05) is 72.3 Å². The molecule has 33 heavy (non-hydrogen) atoms. The quantitative estimate of drug-likeness (QED) is 0.284. The maximum atomic E-state index is 13.3. The van der Waals surface area contributed by atoms with Crippen LogP contribution in [0.5, 0.6) is 0 Å². The number of imide groups is 1. The van der Waals surface area contributed by atoms with Crippen molar-refractivity contribution in [3.63, 3.8) is 0 Å². The van der Waals surface area contributed by atoms with Crippen LogP contribution in [0, 0.1) is 30.6 Å². The summed E-state index contributed by atoms with van der Waals surface area (Å²) >= 11 is 0. The lowest BCUT2D eigenvalue weighted by molar-refractivity contribution is -0.158. The molecule has 0 radical (unpaired) electrons. The summed E-state index contributed by atoms with van der Waals surface area (Å²) in [6, 6.07) is 15.1. The zero-order valence-electron chi connectivity index (χ0n) is 18.3. The number of fused-ring (bicyclic) bond motifs is 5. The zero-order chi connectivity index (χ0) is 23.1. The fourth-order valence-corrected chi connectivity index (χ4v) is 5.41. The number of carbonyl (C=O) groups excluding carboxylic acids is 4. The Morgan fingerprint density at radius 1 is 0.939 bits per heavy atom. The van der Waals surface area contributed by atoms with Crippen molar-refractivity contribution in [2.24, 2.45) is 23.7 Å². The Bertz CT molecular complexity index is 1110. The fraction of sp³-hybridized carbons (Fsp3) is 0.333. The van der Waals surface area contributed by atoms with Gasteiger partial charge in [0.25, 0.3) is 0 Å². The van der Waals surface area contributed by atoms with Gasteiger partial charge in [0.05, 0.1) is 11.8 Å². The second kappa shape index (κ2) is 8.43. The summed E-state index contributed by atoms with van der Waals surface area (Å²) in [7, 11) is 0. The van der Waals surface area contributed by atoms with Crippen molar-refractivity contribution in [2.45, 2.75) is 25.8 Å². The van der Waals surface area contributed by atoms with Gasteiger partial charge in [0.15, 0.2) is 12.4 Å². The molecule has 0 spiro atoms. The summed E-state index contributed by atoms with van der Waals surface area (Å²) in [5.41, 5.74) is 2.27. The highest BCUT2D eigenvalue weighted by Crippen LogP contribution is 2.53. The summed E-state index contributed by atoms with van der Waals surface area (Å²) < 4.78 is 5.37. The average molecular weight is 443 g/mol. The molecule has 1 heterocycles. The molecule has 0 unspecified atom stereocenters. The Balaban J connectivity index is 1.36. The number of ketones is 1. The van der Waals surface area contributed by atoms with E-state index in [2.05, 4.69) is 0 Å². The third-order valence-electron chi connectivity index (χ3n) is 7.08. The Hall–Kier alpha value is -3.54. The highest BCUT2D eigenvalue weighted by molar-refractivity contribution is 6.09. The third-order valence-corrected chi connectivity index (χ3v) is 7.08. The Kier molecular flexibility index (Phi) is 5.44. The van der Waals surface area contributed by atoms with Crippen molar-refractivity contribution in [1.82, 2.24) is 4.90 Å². The minimum absolute atomic E-state index is 0.0537. The average Bonchev–Trinajstić information content (AvgIpc) is 3.51. The number of nitrogens with zero attached hydrogens (tertiary/aromatic N) is 1. The van der Waals surface area contributed by atoms with Crippen LogP contribution < -0.4 is 0 Å². The molecule has 2 aliphatic carbocycles. The van der Waals surface area contributed by atoms with Gasteiger partial charge >= 0.3 is 5.97 Å². The van der Waals surface area contributed by atoms with E-state index in [9.17, 15) is 19.2 Å². The van der Waals surface area contributed by atoms with Crippen LogP contribution in [0.1, 0.15) is 27.9 Å². The van der Waals surface area contributed by atoms with Gasteiger partial charge in [-0.2, -0.15) is 0 Å². The van der Waals surface area contributed by atoms with E-state index < -0.39 is 30.5 Å². The van der Waals surface area contributed by atoms with E-state index in [0.29, 0.717) is 5.56 Å². The first-order valence-electron chi connectivity index (χ1n) is 11.3. The summed E-state index contributed by atoms with van der Waals surface area (Å²) in [5, 5.41) is 0. The van der Waals surface area contributed by atoms with Gasteiger partial charge in [-0.15, -0.1) is 0 Å². The number of hydrogen-bond acceptors (Lipinski definition) is 5. The normalized spacial score (nSPS) is 25.9. The van der Waals surface area contributed by atoms with Crippen LogP contribution in [-0.4, -0.2) is 41.1 Å². The van der Waals surface area contributed by atoms with Crippen LogP contribution in [0.15, 0.2) is 66.7 Å². The van der Waals surface area contributed by atoms with Gasteiger partial charge in [-0.25, -0.2) is 4.79 Å². The maximum Gasteiger partial charge on any atom is 0.330 e. The van der Waals surface area contributed by atoms with Crippen LogP contribution in [0.2, 0.25) is 0 Å². The molecule has 6 nitrogen and oxygen atoms in total. The largest absolute Gasteiger partial charge is 0.456 e.